The number of carbonyl (C=O) groups excluding carboxylic acids is 1. The monoisotopic (exact) mass is 307 g/mol. The third-order valence-corrected chi connectivity index (χ3v) is 3.88. The van der Waals surface area contributed by atoms with Gasteiger partial charge in [0.25, 0.3) is 0 Å². The molecule has 2 rings (SSSR count). The average molecular weight is 308 g/mol. The zero-order valence-electron chi connectivity index (χ0n) is 12.0. The van der Waals surface area contributed by atoms with Gasteiger partial charge in [-0.3, -0.25) is 4.79 Å². The van der Waals surface area contributed by atoms with Crippen molar-refractivity contribution in [2.24, 2.45) is 27.9 Å². The van der Waals surface area contributed by atoms with Crippen molar-refractivity contribution in [2.45, 2.75) is 13.0 Å². The van der Waals surface area contributed by atoms with E-state index in [1.807, 2.05) is 25.1 Å². The van der Waals surface area contributed by atoms with Crippen LogP contribution < -0.4 is 5.84 Å². The zero-order chi connectivity index (χ0) is 15.6. The summed E-state index contributed by atoms with van der Waals surface area (Å²) in [6.45, 7) is 0.723. The fraction of sp³-hybridized carbons (Fsp3) is 0.429. The van der Waals surface area contributed by atoms with Crippen LogP contribution in [0.3, 0.4) is 0 Å². The normalized spacial score (nSPS) is 21.4. The number of nitrogens with zero attached hydrogens (tertiary/aromatic N) is 3. The maximum atomic E-state index is 12.4. The van der Waals surface area contributed by atoms with E-state index in [0.717, 1.165) is 12.1 Å². The van der Waals surface area contributed by atoms with Crippen LogP contribution in [-0.4, -0.2) is 30.6 Å². The molecule has 1 aliphatic carbocycles. The average Bonchev–Trinajstić information content (AvgIpc) is 3.21. The Bertz CT molecular complexity index is 599. The van der Waals surface area contributed by atoms with E-state index in [-0.39, 0.29) is 23.5 Å². The highest BCUT2D eigenvalue weighted by Gasteiger charge is 2.47. The number of hydrogen-bond donors (Lipinski definition) is 2. The quantitative estimate of drug-likeness (QED) is 0.218. The van der Waals surface area contributed by atoms with Crippen molar-refractivity contribution in [1.29, 1.82) is 5.53 Å². The molecule has 0 spiro atoms. The molecule has 21 heavy (non-hydrogen) atoms. The van der Waals surface area contributed by atoms with Gasteiger partial charge in [0.15, 0.2) is 11.6 Å². The molecule has 0 saturated heterocycles. The number of hydrogen-bond acceptors (Lipinski definition) is 5. The molecule has 0 aromatic heterocycles. The smallest absolute Gasteiger partial charge is 0.173 e. The Morgan fingerprint density at radius 3 is 2.71 bits per heavy atom. The first-order valence-corrected chi connectivity index (χ1v) is 6.98. The second kappa shape index (κ2) is 6.32. The summed E-state index contributed by atoms with van der Waals surface area (Å²) in [5.41, 5.74) is 8.53. The van der Waals surface area contributed by atoms with E-state index in [1.54, 1.807) is 12.1 Å². The molecule has 7 heteroatoms. The Kier molecular flexibility index (Phi) is 4.69. The van der Waals surface area contributed by atoms with Gasteiger partial charge >= 0.3 is 0 Å². The highest BCUT2D eigenvalue weighted by Crippen LogP contribution is 2.42. The summed E-state index contributed by atoms with van der Waals surface area (Å²) >= 11 is 6.23. The highest BCUT2D eigenvalue weighted by atomic mass is 35.5. The van der Waals surface area contributed by atoms with Crippen molar-refractivity contribution in [3.8, 4) is 0 Å². The van der Waals surface area contributed by atoms with Crippen molar-refractivity contribution in [3.63, 3.8) is 0 Å². The molecule has 0 radical (unpaired) electrons. The Labute approximate surface area is 128 Å². The standard InChI is InChI=1S/C14H18ClN5O/c1-20(2)7-9-4-3-8(5-12(9)15)13(21)10-6-11(10)14(18-16)19-17/h3-5,10-11,16H,6-7,17H2,1-2H3/t10-,11-/m0/s1. The minimum Gasteiger partial charge on any atom is -0.321 e. The third-order valence-electron chi connectivity index (χ3n) is 3.53. The maximum absolute atomic E-state index is 12.4. The largest absolute Gasteiger partial charge is 0.321 e. The molecule has 2 atom stereocenters. The topological polar surface area (TPSA) is 94.9 Å². The number of rotatable bonds is 5. The number of ketones is 1. The molecule has 1 aliphatic rings. The van der Waals surface area contributed by atoms with Crippen LogP contribution in [-0.2, 0) is 6.54 Å². The second-order valence-corrected chi connectivity index (χ2v) is 5.86. The van der Waals surface area contributed by atoms with Crippen LogP contribution in [0, 0.1) is 17.4 Å². The lowest BCUT2D eigenvalue weighted by atomic mass is 10.0. The van der Waals surface area contributed by atoms with Gasteiger partial charge in [-0.1, -0.05) is 23.7 Å². The Morgan fingerprint density at radius 1 is 1.48 bits per heavy atom. The molecule has 1 aromatic rings. The molecular formula is C14H18ClN5O. The van der Waals surface area contributed by atoms with Crippen molar-refractivity contribution >= 4 is 23.2 Å². The SMILES string of the molecule is CN(C)Cc1ccc(C(=O)[C@H]2C[C@@H]2C(N=N)=NN)cc1Cl. The fourth-order valence-corrected chi connectivity index (χ4v) is 2.60. The number of carbonyl (C=O) groups is 1. The highest BCUT2D eigenvalue weighted by molar-refractivity contribution is 6.31. The van der Waals surface area contributed by atoms with E-state index < -0.39 is 0 Å². The molecular weight excluding hydrogens is 290 g/mol. The van der Waals surface area contributed by atoms with Crippen LogP contribution >= 0.6 is 11.6 Å². The molecule has 3 N–H and O–H groups in total. The number of benzene rings is 1. The van der Waals surface area contributed by atoms with Crippen LogP contribution in [0.25, 0.3) is 0 Å². The molecule has 1 aromatic carbocycles. The molecule has 1 fully saturated rings. The van der Waals surface area contributed by atoms with E-state index >= 15 is 0 Å². The molecule has 1 saturated carbocycles. The predicted octanol–water partition coefficient (Wildman–Crippen LogP) is 2.52. The number of amidine groups is 1. The number of halogens is 1. The van der Waals surface area contributed by atoms with Crippen LogP contribution in [0.5, 0.6) is 0 Å². The van der Waals surface area contributed by atoms with E-state index in [4.69, 9.17) is 23.0 Å². The van der Waals surface area contributed by atoms with Gasteiger partial charge < -0.3 is 10.7 Å². The number of nitrogens with two attached hydrogens (primary N) is 1. The van der Waals surface area contributed by atoms with Crippen LogP contribution in [0.2, 0.25) is 5.02 Å². The first-order chi connectivity index (χ1) is 9.97. The summed E-state index contributed by atoms with van der Waals surface area (Å²) in [6, 6.07) is 5.37. The second-order valence-electron chi connectivity index (χ2n) is 5.46. The number of Topliss-reactive ketones (excluding diaryl/α,β-unsaturated/α-hetero) is 1. The van der Waals surface area contributed by atoms with E-state index in [1.165, 1.54) is 0 Å². The first kappa shape index (κ1) is 15.6. The van der Waals surface area contributed by atoms with Gasteiger partial charge in [-0.2, -0.15) is 5.10 Å². The van der Waals surface area contributed by atoms with Gasteiger partial charge in [-0.25, -0.2) is 5.53 Å². The minimum atomic E-state index is -0.197. The van der Waals surface area contributed by atoms with E-state index in [0.29, 0.717) is 17.0 Å². The van der Waals surface area contributed by atoms with Crippen LogP contribution in [0.1, 0.15) is 22.3 Å². The summed E-state index contributed by atoms with van der Waals surface area (Å²) in [7, 11) is 3.92. The summed E-state index contributed by atoms with van der Waals surface area (Å²) < 4.78 is 0. The lowest BCUT2D eigenvalue weighted by Crippen LogP contribution is -2.12. The van der Waals surface area contributed by atoms with Gasteiger partial charge in [-0.05, 0) is 32.1 Å². The lowest BCUT2D eigenvalue weighted by Gasteiger charge is -2.12. The van der Waals surface area contributed by atoms with Gasteiger partial charge in [0.1, 0.15) is 0 Å². The molecule has 112 valence electrons. The number of hydrazone groups is 1. The third kappa shape index (κ3) is 3.46. The molecule has 0 heterocycles. The predicted molar refractivity (Wildman–Crippen MR) is 81.5 cm³/mol. The minimum absolute atomic E-state index is 0.00287. The van der Waals surface area contributed by atoms with Crippen LogP contribution in [0.15, 0.2) is 28.4 Å². The van der Waals surface area contributed by atoms with Crippen molar-refractivity contribution in [1.82, 2.24) is 4.90 Å². The van der Waals surface area contributed by atoms with Crippen molar-refractivity contribution in [3.05, 3.63) is 34.3 Å². The maximum Gasteiger partial charge on any atom is 0.173 e. The molecule has 6 nitrogen and oxygen atoms in total. The van der Waals surface area contributed by atoms with Gasteiger partial charge in [0.2, 0.25) is 0 Å². The Morgan fingerprint density at radius 2 is 2.19 bits per heavy atom. The molecule has 0 unspecified atom stereocenters. The summed E-state index contributed by atoms with van der Waals surface area (Å²) in [5, 5.41) is 7.28. The fourth-order valence-electron chi connectivity index (χ4n) is 2.36. The van der Waals surface area contributed by atoms with Gasteiger partial charge in [0, 0.05) is 29.0 Å². The van der Waals surface area contributed by atoms with Gasteiger partial charge in [-0.15, -0.1) is 5.11 Å². The summed E-state index contributed by atoms with van der Waals surface area (Å²) in [6.07, 6.45) is 0.633. The van der Waals surface area contributed by atoms with Crippen molar-refractivity contribution < 1.29 is 4.79 Å². The van der Waals surface area contributed by atoms with Crippen LogP contribution in [0.4, 0.5) is 0 Å². The van der Waals surface area contributed by atoms with E-state index in [9.17, 15) is 4.79 Å². The molecule has 0 amide bonds. The summed E-state index contributed by atoms with van der Waals surface area (Å²) in [4.78, 5) is 14.4. The molecule has 0 bridgehead atoms. The Hall–Kier alpha value is -1.79. The van der Waals surface area contributed by atoms with E-state index in [2.05, 4.69) is 10.2 Å². The zero-order valence-corrected chi connectivity index (χ0v) is 12.8. The Balaban J connectivity index is 2.11. The number of nitrogens with one attached hydrogen (secondary N) is 1. The first-order valence-electron chi connectivity index (χ1n) is 6.60. The lowest BCUT2D eigenvalue weighted by molar-refractivity contribution is 0.0964. The summed E-state index contributed by atoms with van der Waals surface area (Å²) in [5.74, 6) is 5.05. The van der Waals surface area contributed by atoms with Crippen molar-refractivity contribution in [2.75, 3.05) is 14.1 Å². The van der Waals surface area contributed by atoms with Gasteiger partial charge in [0.05, 0.1) is 0 Å². The molecule has 0 aliphatic heterocycles.